The third-order valence-corrected chi connectivity index (χ3v) is 2.87. The van der Waals surface area contributed by atoms with Gasteiger partial charge in [-0.15, -0.1) is 0 Å². The van der Waals surface area contributed by atoms with E-state index in [0.29, 0.717) is 6.42 Å². The van der Waals surface area contributed by atoms with E-state index in [1.54, 1.807) is 6.08 Å². The van der Waals surface area contributed by atoms with Crippen molar-refractivity contribution in [1.82, 2.24) is 0 Å². The van der Waals surface area contributed by atoms with Crippen molar-refractivity contribution in [3.05, 3.63) is 12.2 Å². The van der Waals surface area contributed by atoms with E-state index in [1.807, 2.05) is 20.8 Å². The van der Waals surface area contributed by atoms with Gasteiger partial charge in [0.1, 0.15) is 6.10 Å². The summed E-state index contributed by atoms with van der Waals surface area (Å²) in [6, 6.07) is 0. The maximum atomic E-state index is 11.0. The van der Waals surface area contributed by atoms with E-state index in [2.05, 4.69) is 0 Å². The normalized spacial score (nSPS) is 28.7. The summed E-state index contributed by atoms with van der Waals surface area (Å²) in [5.74, 6) is -0.682. The van der Waals surface area contributed by atoms with Crippen LogP contribution in [0.5, 0.6) is 0 Å². The fourth-order valence-electron chi connectivity index (χ4n) is 2.16. The highest BCUT2D eigenvalue weighted by Gasteiger charge is 2.40. The highest BCUT2D eigenvalue weighted by molar-refractivity contribution is 5.87. The molecule has 4 heteroatoms. The zero-order valence-electron chi connectivity index (χ0n) is 11.7. The Morgan fingerprint density at radius 3 is 2.67 bits per heavy atom. The van der Waals surface area contributed by atoms with Crippen molar-refractivity contribution in [3.63, 3.8) is 0 Å². The van der Waals surface area contributed by atoms with Crippen LogP contribution in [-0.4, -0.2) is 35.0 Å². The average molecular weight is 256 g/mol. The predicted octanol–water partition coefficient (Wildman–Crippen LogP) is 2.20. The number of hydrogen-bond acceptors (Lipinski definition) is 4. The molecule has 0 unspecified atom stereocenters. The lowest BCUT2D eigenvalue weighted by Crippen LogP contribution is -2.26. The van der Waals surface area contributed by atoms with E-state index in [9.17, 15) is 9.90 Å². The Labute approximate surface area is 109 Å². The van der Waals surface area contributed by atoms with E-state index in [-0.39, 0.29) is 24.1 Å². The maximum Gasteiger partial charge on any atom is 0.164 e. The van der Waals surface area contributed by atoms with Gasteiger partial charge in [0.25, 0.3) is 0 Å². The number of aliphatic hydroxyl groups excluding tert-OH is 1. The van der Waals surface area contributed by atoms with Crippen molar-refractivity contribution in [2.75, 3.05) is 0 Å². The molecular formula is C14H24O4. The average Bonchev–Trinajstić information content (AvgIpc) is 2.50. The molecule has 3 atom stereocenters. The van der Waals surface area contributed by atoms with Crippen molar-refractivity contribution in [2.24, 2.45) is 0 Å². The topological polar surface area (TPSA) is 55.8 Å². The molecule has 0 radical (unpaired) electrons. The second-order valence-corrected chi connectivity index (χ2v) is 5.29. The molecule has 0 amide bonds. The molecule has 1 N–H and O–H groups in total. The molecule has 1 heterocycles. The van der Waals surface area contributed by atoms with Crippen LogP contribution in [0.2, 0.25) is 0 Å². The van der Waals surface area contributed by atoms with Gasteiger partial charge in [-0.05, 0) is 39.3 Å². The van der Waals surface area contributed by atoms with Gasteiger partial charge in [0.2, 0.25) is 0 Å². The second kappa shape index (κ2) is 6.45. The van der Waals surface area contributed by atoms with Gasteiger partial charge in [-0.1, -0.05) is 13.3 Å². The summed E-state index contributed by atoms with van der Waals surface area (Å²) in [6.45, 7) is 7.21. The lowest BCUT2D eigenvalue weighted by Gasteiger charge is -2.18. The number of aliphatic hydroxyl groups is 1. The number of carbonyl (C=O) groups excluding carboxylic acids is 1. The third kappa shape index (κ3) is 4.88. The number of carbonyl (C=O) groups is 1. The van der Waals surface area contributed by atoms with Crippen LogP contribution in [0, 0.1) is 0 Å². The van der Waals surface area contributed by atoms with Crippen molar-refractivity contribution < 1.29 is 19.4 Å². The number of allylic oxidation sites excluding steroid dienone is 1. The molecule has 18 heavy (non-hydrogen) atoms. The summed E-state index contributed by atoms with van der Waals surface area (Å²) >= 11 is 0. The lowest BCUT2D eigenvalue weighted by atomic mass is 10.0. The molecule has 0 saturated carbocycles. The van der Waals surface area contributed by atoms with Crippen molar-refractivity contribution >= 4 is 5.78 Å². The van der Waals surface area contributed by atoms with E-state index < -0.39 is 5.79 Å². The molecule has 1 aliphatic rings. The van der Waals surface area contributed by atoms with Crippen LogP contribution in [0.25, 0.3) is 0 Å². The first-order chi connectivity index (χ1) is 8.34. The quantitative estimate of drug-likeness (QED) is 0.740. The summed E-state index contributed by atoms with van der Waals surface area (Å²) < 4.78 is 11.5. The Bertz CT molecular complexity index is 309. The lowest BCUT2D eigenvalue weighted by molar-refractivity contribution is -0.145. The summed E-state index contributed by atoms with van der Waals surface area (Å²) in [5, 5.41) is 9.85. The summed E-state index contributed by atoms with van der Waals surface area (Å²) in [5.41, 5.74) is 0. The van der Waals surface area contributed by atoms with Gasteiger partial charge in [-0.25, -0.2) is 0 Å². The Hall–Kier alpha value is -0.710. The van der Waals surface area contributed by atoms with Crippen LogP contribution in [0.4, 0.5) is 0 Å². The standard InChI is InChI=1S/C14H24O4/c1-5-6-11(16)9-13-12(8-7-10(2)15)17-14(3,4)18-13/h7-8,11-13,16H,5-6,9H2,1-4H3/b8-7+/t11-,12+,13+/m0/s1. The summed E-state index contributed by atoms with van der Waals surface area (Å²) in [6.07, 6.45) is 4.59. The molecule has 0 aromatic carbocycles. The molecule has 0 aromatic heterocycles. The fourth-order valence-corrected chi connectivity index (χ4v) is 2.16. The van der Waals surface area contributed by atoms with E-state index in [0.717, 1.165) is 12.8 Å². The van der Waals surface area contributed by atoms with Gasteiger partial charge in [0.05, 0.1) is 12.2 Å². The van der Waals surface area contributed by atoms with Gasteiger partial charge in [-0.3, -0.25) is 4.79 Å². The van der Waals surface area contributed by atoms with Crippen LogP contribution in [0.3, 0.4) is 0 Å². The SMILES string of the molecule is CCC[C@H](O)C[C@H]1OC(C)(C)O[C@@H]1/C=C/C(C)=O. The molecule has 0 spiro atoms. The van der Waals surface area contributed by atoms with Gasteiger partial charge in [-0.2, -0.15) is 0 Å². The first-order valence-electron chi connectivity index (χ1n) is 6.56. The Morgan fingerprint density at radius 1 is 1.44 bits per heavy atom. The van der Waals surface area contributed by atoms with Crippen LogP contribution < -0.4 is 0 Å². The van der Waals surface area contributed by atoms with Gasteiger partial charge >= 0.3 is 0 Å². The summed E-state index contributed by atoms with van der Waals surface area (Å²) in [4.78, 5) is 11.0. The fraction of sp³-hybridized carbons (Fsp3) is 0.786. The molecule has 1 aliphatic heterocycles. The molecule has 1 fully saturated rings. The minimum Gasteiger partial charge on any atom is -0.393 e. The van der Waals surface area contributed by atoms with Crippen molar-refractivity contribution in [3.8, 4) is 0 Å². The molecule has 0 aliphatic carbocycles. The molecule has 0 bridgehead atoms. The first kappa shape index (κ1) is 15.3. The third-order valence-electron chi connectivity index (χ3n) is 2.87. The second-order valence-electron chi connectivity index (χ2n) is 5.29. The monoisotopic (exact) mass is 256 g/mol. The van der Waals surface area contributed by atoms with Crippen molar-refractivity contribution in [1.29, 1.82) is 0 Å². The van der Waals surface area contributed by atoms with Crippen molar-refractivity contribution in [2.45, 2.75) is 71.1 Å². The summed E-state index contributed by atoms with van der Waals surface area (Å²) in [7, 11) is 0. The van der Waals surface area contributed by atoms with E-state index in [4.69, 9.17) is 9.47 Å². The maximum absolute atomic E-state index is 11.0. The zero-order valence-corrected chi connectivity index (χ0v) is 11.7. The van der Waals surface area contributed by atoms with Gasteiger partial charge in [0, 0.05) is 6.42 Å². The van der Waals surface area contributed by atoms with Crippen LogP contribution >= 0.6 is 0 Å². The van der Waals surface area contributed by atoms with Crippen LogP contribution in [0.15, 0.2) is 12.2 Å². The van der Waals surface area contributed by atoms with E-state index >= 15 is 0 Å². The molecule has 1 saturated heterocycles. The highest BCUT2D eigenvalue weighted by Crippen LogP contribution is 2.31. The smallest absolute Gasteiger partial charge is 0.164 e. The number of rotatable bonds is 6. The minimum absolute atomic E-state index is 0.0174. The molecular weight excluding hydrogens is 232 g/mol. The van der Waals surface area contributed by atoms with Gasteiger partial charge in [0.15, 0.2) is 11.6 Å². The van der Waals surface area contributed by atoms with Crippen LogP contribution in [-0.2, 0) is 14.3 Å². The van der Waals surface area contributed by atoms with E-state index in [1.165, 1.54) is 13.0 Å². The predicted molar refractivity (Wildman–Crippen MR) is 69.2 cm³/mol. The molecule has 104 valence electrons. The number of ether oxygens (including phenoxy) is 2. The Kier molecular flexibility index (Phi) is 5.50. The van der Waals surface area contributed by atoms with Gasteiger partial charge < -0.3 is 14.6 Å². The molecule has 4 nitrogen and oxygen atoms in total. The minimum atomic E-state index is -0.664. The molecule has 0 aromatic rings. The van der Waals surface area contributed by atoms with Crippen LogP contribution in [0.1, 0.15) is 47.0 Å². The molecule has 1 rings (SSSR count). The Balaban J connectivity index is 2.64. The Morgan fingerprint density at radius 2 is 2.11 bits per heavy atom. The largest absolute Gasteiger partial charge is 0.393 e. The highest BCUT2D eigenvalue weighted by atomic mass is 16.7. The first-order valence-corrected chi connectivity index (χ1v) is 6.56. The number of ketones is 1. The number of hydrogen-bond donors (Lipinski definition) is 1. The zero-order chi connectivity index (χ0) is 13.8.